The molecule has 0 bridgehead atoms. The predicted molar refractivity (Wildman–Crippen MR) is 126 cm³/mol. The van der Waals surface area contributed by atoms with Gasteiger partial charge in [0.05, 0.1) is 23.7 Å². The number of piperazine rings is 1. The highest BCUT2D eigenvalue weighted by atomic mass is 32.2. The SMILES string of the molecule is CCOc1ccccc1N1CCN(C(=O)CNC(=O)c2cccc(S(=O)(=O)N(C)C)c2)CC1. The monoisotopic (exact) mass is 474 g/mol. The summed E-state index contributed by atoms with van der Waals surface area (Å²) in [5.74, 6) is 0.146. The van der Waals surface area contributed by atoms with Crippen LogP contribution in [0.3, 0.4) is 0 Å². The highest BCUT2D eigenvalue weighted by molar-refractivity contribution is 7.89. The Morgan fingerprint density at radius 3 is 2.39 bits per heavy atom. The fourth-order valence-electron chi connectivity index (χ4n) is 3.57. The average molecular weight is 475 g/mol. The van der Waals surface area contributed by atoms with E-state index in [0.717, 1.165) is 15.7 Å². The summed E-state index contributed by atoms with van der Waals surface area (Å²) in [6.07, 6.45) is 0. The Morgan fingerprint density at radius 1 is 1.03 bits per heavy atom. The lowest BCUT2D eigenvalue weighted by molar-refractivity contribution is -0.130. The van der Waals surface area contributed by atoms with Gasteiger partial charge in [-0.1, -0.05) is 18.2 Å². The molecule has 0 unspecified atom stereocenters. The molecule has 3 rings (SSSR count). The molecule has 0 atom stereocenters. The Morgan fingerprint density at radius 2 is 1.73 bits per heavy atom. The van der Waals surface area contributed by atoms with Gasteiger partial charge < -0.3 is 19.9 Å². The van der Waals surface area contributed by atoms with Crippen LogP contribution in [0.15, 0.2) is 53.4 Å². The highest BCUT2D eigenvalue weighted by Crippen LogP contribution is 2.28. The van der Waals surface area contributed by atoms with Crippen molar-refractivity contribution in [2.24, 2.45) is 0 Å². The third-order valence-corrected chi connectivity index (χ3v) is 7.22. The summed E-state index contributed by atoms with van der Waals surface area (Å²) in [5.41, 5.74) is 1.19. The molecule has 1 fully saturated rings. The molecule has 0 spiro atoms. The fourth-order valence-corrected chi connectivity index (χ4v) is 4.52. The van der Waals surface area contributed by atoms with Crippen molar-refractivity contribution in [3.8, 4) is 5.75 Å². The molecule has 10 heteroatoms. The molecule has 2 aromatic carbocycles. The summed E-state index contributed by atoms with van der Waals surface area (Å²) >= 11 is 0. The molecule has 9 nitrogen and oxygen atoms in total. The summed E-state index contributed by atoms with van der Waals surface area (Å²) in [6, 6.07) is 13.6. The summed E-state index contributed by atoms with van der Waals surface area (Å²) < 4.78 is 31.4. The second kappa shape index (κ2) is 10.7. The molecule has 178 valence electrons. The summed E-state index contributed by atoms with van der Waals surface area (Å²) in [4.78, 5) is 29.1. The van der Waals surface area contributed by atoms with E-state index in [-0.39, 0.29) is 22.9 Å². The van der Waals surface area contributed by atoms with Gasteiger partial charge in [0.1, 0.15) is 5.75 Å². The summed E-state index contributed by atoms with van der Waals surface area (Å²) in [7, 11) is -0.799. The summed E-state index contributed by atoms with van der Waals surface area (Å²) in [5, 5.41) is 2.60. The van der Waals surface area contributed by atoms with E-state index in [0.29, 0.717) is 32.8 Å². The van der Waals surface area contributed by atoms with Gasteiger partial charge in [0.25, 0.3) is 5.91 Å². The minimum atomic E-state index is -3.65. The number of ether oxygens (including phenoxy) is 1. The molecule has 1 aliphatic rings. The number of hydrogen-bond donors (Lipinski definition) is 1. The van der Waals surface area contributed by atoms with E-state index >= 15 is 0 Å². The number of amides is 2. The zero-order valence-corrected chi connectivity index (χ0v) is 20.0. The van der Waals surface area contributed by atoms with Gasteiger partial charge in [0.2, 0.25) is 15.9 Å². The molecule has 1 heterocycles. The number of sulfonamides is 1. The van der Waals surface area contributed by atoms with Crippen molar-refractivity contribution in [3.05, 3.63) is 54.1 Å². The molecule has 0 aliphatic carbocycles. The maximum Gasteiger partial charge on any atom is 0.251 e. The topological polar surface area (TPSA) is 99.3 Å². The van der Waals surface area contributed by atoms with Gasteiger partial charge in [-0.05, 0) is 37.3 Å². The largest absolute Gasteiger partial charge is 0.492 e. The van der Waals surface area contributed by atoms with Crippen molar-refractivity contribution in [1.29, 1.82) is 0 Å². The lowest BCUT2D eigenvalue weighted by atomic mass is 10.2. The number of hydrogen-bond acceptors (Lipinski definition) is 6. The average Bonchev–Trinajstić information content (AvgIpc) is 2.83. The first kappa shape index (κ1) is 24.5. The van der Waals surface area contributed by atoms with Gasteiger partial charge in [0.15, 0.2) is 0 Å². The molecule has 1 saturated heterocycles. The first-order valence-electron chi connectivity index (χ1n) is 10.8. The normalized spacial score (nSPS) is 14.3. The van der Waals surface area contributed by atoms with Crippen LogP contribution in [0.5, 0.6) is 5.75 Å². The Hall–Kier alpha value is -3.11. The Bertz CT molecular complexity index is 1100. The lowest BCUT2D eigenvalue weighted by Gasteiger charge is -2.36. The molecular formula is C23H30N4O5S. The van der Waals surface area contributed by atoms with E-state index in [1.807, 2.05) is 31.2 Å². The molecule has 33 heavy (non-hydrogen) atoms. The van der Waals surface area contributed by atoms with Crippen molar-refractivity contribution in [2.75, 3.05) is 58.3 Å². The number of nitrogens with zero attached hydrogens (tertiary/aromatic N) is 3. The van der Waals surface area contributed by atoms with Crippen LogP contribution in [0, 0.1) is 0 Å². The van der Waals surface area contributed by atoms with E-state index in [2.05, 4.69) is 10.2 Å². The molecule has 0 radical (unpaired) electrons. The number of para-hydroxylation sites is 2. The van der Waals surface area contributed by atoms with Gasteiger partial charge in [-0.25, -0.2) is 12.7 Å². The first-order chi connectivity index (χ1) is 15.7. The fraction of sp³-hybridized carbons (Fsp3) is 0.391. The van der Waals surface area contributed by atoms with E-state index < -0.39 is 15.9 Å². The van der Waals surface area contributed by atoms with E-state index in [1.54, 1.807) is 4.90 Å². The molecular weight excluding hydrogens is 444 g/mol. The second-order valence-corrected chi connectivity index (χ2v) is 9.92. The maximum atomic E-state index is 12.6. The third kappa shape index (κ3) is 5.82. The van der Waals surface area contributed by atoms with Crippen LogP contribution in [-0.2, 0) is 14.8 Å². The Labute approximate surface area is 195 Å². The number of carbonyl (C=O) groups is 2. The molecule has 2 aromatic rings. The maximum absolute atomic E-state index is 12.6. The molecule has 0 aromatic heterocycles. The number of benzene rings is 2. The minimum absolute atomic E-state index is 0.0231. The highest BCUT2D eigenvalue weighted by Gasteiger charge is 2.24. The van der Waals surface area contributed by atoms with Crippen molar-refractivity contribution in [2.45, 2.75) is 11.8 Å². The van der Waals surface area contributed by atoms with Crippen LogP contribution in [0.1, 0.15) is 17.3 Å². The van der Waals surface area contributed by atoms with Crippen LogP contribution in [0.2, 0.25) is 0 Å². The Kier molecular flexibility index (Phi) is 7.93. The molecule has 1 N–H and O–H groups in total. The van der Waals surface area contributed by atoms with Crippen LogP contribution >= 0.6 is 0 Å². The zero-order chi connectivity index (χ0) is 24.0. The number of carbonyl (C=O) groups excluding carboxylic acids is 2. The smallest absolute Gasteiger partial charge is 0.251 e. The molecule has 2 amide bonds. The lowest BCUT2D eigenvalue weighted by Crippen LogP contribution is -2.51. The predicted octanol–water partition coefficient (Wildman–Crippen LogP) is 1.41. The quantitative estimate of drug-likeness (QED) is 0.621. The number of anilines is 1. The van der Waals surface area contributed by atoms with Crippen molar-refractivity contribution >= 4 is 27.5 Å². The molecule has 0 saturated carbocycles. The van der Waals surface area contributed by atoms with E-state index in [4.69, 9.17) is 4.74 Å². The van der Waals surface area contributed by atoms with Crippen molar-refractivity contribution < 1.29 is 22.7 Å². The van der Waals surface area contributed by atoms with Gasteiger partial charge >= 0.3 is 0 Å². The minimum Gasteiger partial charge on any atom is -0.492 e. The second-order valence-electron chi connectivity index (χ2n) is 7.77. The van der Waals surface area contributed by atoms with E-state index in [9.17, 15) is 18.0 Å². The van der Waals surface area contributed by atoms with Gasteiger partial charge in [-0.2, -0.15) is 0 Å². The van der Waals surface area contributed by atoms with Gasteiger partial charge in [-0.3, -0.25) is 9.59 Å². The third-order valence-electron chi connectivity index (χ3n) is 5.41. The zero-order valence-electron chi connectivity index (χ0n) is 19.2. The molecule has 1 aliphatic heterocycles. The van der Waals surface area contributed by atoms with Gasteiger partial charge in [-0.15, -0.1) is 0 Å². The van der Waals surface area contributed by atoms with E-state index in [1.165, 1.54) is 38.4 Å². The Balaban J connectivity index is 1.55. The number of nitrogens with one attached hydrogen (secondary N) is 1. The van der Waals surface area contributed by atoms with Gasteiger partial charge in [0, 0.05) is 45.8 Å². The number of rotatable bonds is 8. The standard InChI is InChI=1S/C23H30N4O5S/c1-4-32-21-11-6-5-10-20(21)26-12-14-27(15-13-26)22(28)17-24-23(29)18-8-7-9-19(16-18)33(30,31)25(2)3/h5-11,16H,4,12-15,17H2,1-3H3,(H,24,29). The van der Waals surface area contributed by atoms with Crippen LogP contribution in [-0.4, -0.2) is 82.9 Å². The van der Waals surface area contributed by atoms with Crippen molar-refractivity contribution in [3.63, 3.8) is 0 Å². The summed E-state index contributed by atoms with van der Waals surface area (Å²) in [6.45, 7) is 4.76. The van der Waals surface area contributed by atoms with Crippen LogP contribution in [0.4, 0.5) is 5.69 Å². The van der Waals surface area contributed by atoms with Crippen LogP contribution < -0.4 is 15.0 Å². The van der Waals surface area contributed by atoms with Crippen molar-refractivity contribution in [1.82, 2.24) is 14.5 Å². The van der Waals surface area contributed by atoms with Crippen LogP contribution in [0.25, 0.3) is 0 Å². The first-order valence-corrected chi connectivity index (χ1v) is 12.2.